The van der Waals surface area contributed by atoms with Crippen LogP contribution >= 0.6 is 11.3 Å². The molecule has 0 aromatic carbocycles. The summed E-state index contributed by atoms with van der Waals surface area (Å²) in [6.07, 6.45) is 1.07. The maximum Gasteiger partial charge on any atom is 0.236 e. The Balaban J connectivity index is 1.84. The maximum absolute atomic E-state index is 11.8. The van der Waals surface area contributed by atoms with Gasteiger partial charge in [0, 0.05) is 33.7 Å². The monoisotopic (exact) mass is 323 g/mol. The van der Waals surface area contributed by atoms with Gasteiger partial charge in [-0.1, -0.05) is 0 Å². The number of carbonyl (C=O) groups is 2. The normalized spacial score (nSPS) is 17.2. The van der Waals surface area contributed by atoms with Crippen molar-refractivity contribution in [3.05, 3.63) is 21.9 Å². The summed E-state index contributed by atoms with van der Waals surface area (Å²) in [5.41, 5.74) is 1.22. The quantitative estimate of drug-likeness (QED) is 0.771. The standard InChI is InChI=1S/C16H25N3O2S/c1-13(20)15-9-14(12-22-15)10-18-5-4-6-19(8-7-18)11-16(21)17(2)3/h9,12H,4-8,10-11H2,1-3H3. The molecule has 0 spiro atoms. The highest BCUT2D eigenvalue weighted by atomic mass is 32.1. The van der Waals surface area contributed by atoms with Crippen LogP contribution in [0.3, 0.4) is 0 Å². The van der Waals surface area contributed by atoms with E-state index < -0.39 is 0 Å². The molecule has 0 atom stereocenters. The second-order valence-corrected chi connectivity index (χ2v) is 6.98. The minimum Gasteiger partial charge on any atom is -0.348 e. The van der Waals surface area contributed by atoms with E-state index in [1.54, 1.807) is 25.9 Å². The van der Waals surface area contributed by atoms with Crippen LogP contribution in [0.15, 0.2) is 11.4 Å². The second kappa shape index (κ2) is 7.85. The largest absolute Gasteiger partial charge is 0.348 e. The molecule has 0 bridgehead atoms. The van der Waals surface area contributed by atoms with E-state index in [-0.39, 0.29) is 11.7 Å². The third-order valence-corrected chi connectivity index (χ3v) is 5.03. The van der Waals surface area contributed by atoms with Crippen molar-refractivity contribution in [2.24, 2.45) is 0 Å². The fraction of sp³-hybridized carbons (Fsp3) is 0.625. The first-order valence-corrected chi connectivity index (χ1v) is 8.57. The Bertz CT molecular complexity index is 527. The van der Waals surface area contributed by atoms with Gasteiger partial charge in [-0.15, -0.1) is 11.3 Å². The van der Waals surface area contributed by atoms with Gasteiger partial charge in [0.1, 0.15) is 0 Å². The highest BCUT2D eigenvalue weighted by Gasteiger charge is 2.18. The molecule has 0 radical (unpaired) electrons. The van der Waals surface area contributed by atoms with E-state index in [0.29, 0.717) is 6.54 Å². The van der Waals surface area contributed by atoms with Crippen LogP contribution in [0.25, 0.3) is 0 Å². The smallest absolute Gasteiger partial charge is 0.236 e. The Hall–Kier alpha value is -1.24. The van der Waals surface area contributed by atoms with Gasteiger partial charge in [-0.3, -0.25) is 19.4 Å². The summed E-state index contributed by atoms with van der Waals surface area (Å²) in [6.45, 7) is 6.90. The predicted molar refractivity (Wildman–Crippen MR) is 89.4 cm³/mol. The molecule has 122 valence electrons. The lowest BCUT2D eigenvalue weighted by Gasteiger charge is -2.22. The van der Waals surface area contributed by atoms with Crippen molar-refractivity contribution in [3.63, 3.8) is 0 Å². The number of thiophene rings is 1. The number of amides is 1. The molecule has 0 saturated carbocycles. The Morgan fingerprint density at radius 1 is 1.18 bits per heavy atom. The van der Waals surface area contributed by atoms with E-state index in [1.807, 2.05) is 6.07 Å². The first-order chi connectivity index (χ1) is 10.5. The minimum atomic E-state index is 0.139. The lowest BCUT2D eigenvalue weighted by molar-refractivity contribution is -0.129. The lowest BCUT2D eigenvalue weighted by atomic mass is 10.2. The summed E-state index contributed by atoms with van der Waals surface area (Å²) in [4.78, 5) is 30.3. The highest BCUT2D eigenvalue weighted by molar-refractivity contribution is 7.12. The summed E-state index contributed by atoms with van der Waals surface area (Å²) in [7, 11) is 3.60. The molecule has 0 aliphatic carbocycles. The zero-order valence-corrected chi connectivity index (χ0v) is 14.5. The summed E-state index contributed by atoms with van der Waals surface area (Å²) >= 11 is 1.53. The van der Waals surface area contributed by atoms with Crippen LogP contribution in [0.1, 0.15) is 28.6 Å². The third kappa shape index (κ3) is 4.90. The molecule has 0 N–H and O–H groups in total. The van der Waals surface area contributed by atoms with Gasteiger partial charge in [0.25, 0.3) is 0 Å². The molecule has 1 fully saturated rings. The Morgan fingerprint density at radius 3 is 2.50 bits per heavy atom. The van der Waals surface area contributed by atoms with Gasteiger partial charge in [0.05, 0.1) is 11.4 Å². The van der Waals surface area contributed by atoms with Crippen molar-refractivity contribution < 1.29 is 9.59 Å². The van der Waals surface area contributed by atoms with Crippen molar-refractivity contribution >= 4 is 23.0 Å². The number of rotatable bonds is 5. The summed E-state index contributed by atoms with van der Waals surface area (Å²) < 4.78 is 0. The number of Topliss-reactive ketones (excluding diaryl/α,β-unsaturated/α-hetero) is 1. The van der Waals surface area contributed by atoms with Crippen molar-refractivity contribution in [3.8, 4) is 0 Å². The van der Waals surface area contributed by atoms with Crippen molar-refractivity contribution in [2.45, 2.75) is 19.9 Å². The molecular formula is C16H25N3O2S. The highest BCUT2D eigenvalue weighted by Crippen LogP contribution is 2.17. The third-order valence-electron chi connectivity index (χ3n) is 3.95. The molecule has 0 unspecified atom stereocenters. The van der Waals surface area contributed by atoms with E-state index in [0.717, 1.165) is 44.0 Å². The number of likely N-dealkylation sites (N-methyl/N-ethyl adjacent to an activating group) is 1. The molecule has 2 rings (SSSR count). The van der Waals surface area contributed by atoms with Crippen LogP contribution in [0.2, 0.25) is 0 Å². The molecule has 1 aliphatic heterocycles. The van der Waals surface area contributed by atoms with E-state index in [4.69, 9.17) is 0 Å². The van der Waals surface area contributed by atoms with Gasteiger partial charge in [0.2, 0.25) is 5.91 Å². The van der Waals surface area contributed by atoms with Crippen LogP contribution in [0.5, 0.6) is 0 Å². The first-order valence-electron chi connectivity index (χ1n) is 7.69. The fourth-order valence-corrected chi connectivity index (χ4v) is 3.38. The van der Waals surface area contributed by atoms with Crippen molar-refractivity contribution in [1.29, 1.82) is 0 Å². The minimum absolute atomic E-state index is 0.139. The summed E-state index contributed by atoms with van der Waals surface area (Å²) in [5.74, 6) is 0.304. The number of carbonyl (C=O) groups excluding carboxylic acids is 2. The fourth-order valence-electron chi connectivity index (χ4n) is 2.57. The van der Waals surface area contributed by atoms with E-state index in [9.17, 15) is 9.59 Å². The number of ketones is 1. The number of nitrogens with zero attached hydrogens (tertiary/aromatic N) is 3. The predicted octanol–water partition coefficient (Wildman–Crippen LogP) is 1.55. The average Bonchev–Trinajstić information content (AvgIpc) is 2.81. The van der Waals surface area contributed by atoms with Gasteiger partial charge in [-0.25, -0.2) is 0 Å². The molecule has 1 aromatic heterocycles. The van der Waals surface area contributed by atoms with Gasteiger partial charge in [-0.2, -0.15) is 0 Å². The Morgan fingerprint density at radius 2 is 1.86 bits per heavy atom. The van der Waals surface area contributed by atoms with Gasteiger partial charge < -0.3 is 4.90 Å². The topological polar surface area (TPSA) is 43.9 Å². The molecule has 2 heterocycles. The zero-order valence-electron chi connectivity index (χ0n) is 13.7. The molecule has 1 aromatic rings. The maximum atomic E-state index is 11.8. The van der Waals surface area contributed by atoms with E-state index in [2.05, 4.69) is 15.2 Å². The first kappa shape index (κ1) is 17.1. The molecule has 1 saturated heterocycles. The lowest BCUT2D eigenvalue weighted by Crippen LogP contribution is -2.38. The van der Waals surface area contributed by atoms with Gasteiger partial charge in [0.15, 0.2) is 5.78 Å². The Kier molecular flexibility index (Phi) is 6.11. The van der Waals surface area contributed by atoms with E-state index in [1.165, 1.54) is 16.9 Å². The zero-order chi connectivity index (χ0) is 16.1. The SMILES string of the molecule is CC(=O)c1cc(CN2CCCN(CC(=O)N(C)C)CC2)cs1. The summed E-state index contributed by atoms with van der Waals surface area (Å²) in [5, 5.41) is 2.08. The molecule has 1 aliphatic rings. The van der Waals surface area contributed by atoms with Crippen LogP contribution < -0.4 is 0 Å². The molecular weight excluding hydrogens is 298 g/mol. The van der Waals surface area contributed by atoms with Gasteiger partial charge >= 0.3 is 0 Å². The van der Waals surface area contributed by atoms with Crippen LogP contribution in [-0.4, -0.2) is 73.2 Å². The molecule has 22 heavy (non-hydrogen) atoms. The van der Waals surface area contributed by atoms with Crippen molar-refractivity contribution in [2.75, 3.05) is 46.8 Å². The van der Waals surface area contributed by atoms with Crippen LogP contribution in [0.4, 0.5) is 0 Å². The Labute approximate surface area is 136 Å². The average molecular weight is 323 g/mol. The van der Waals surface area contributed by atoms with Crippen LogP contribution in [0, 0.1) is 0 Å². The van der Waals surface area contributed by atoms with Crippen LogP contribution in [-0.2, 0) is 11.3 Å². The van der Waals surface area contributed by atoms with Gasteiger partial charge in [-0.05, 0) is 43.4 Å². The molecule has 6 heteroatoms. The van der Waals surface area contributed by atoms with Crippen molar-refractivity contribution in [1.82, 2.24) is 14.7 Å². The summed E-state index contributed by atoms with van der Waals surface area (Å²) in [6, 6.07) is 2.01. The number of hydrogen-bond donors (Lipinski definition) is 0. The second-order valence-electron chi connectivity index (χ2n) is 6.07. The molecule has 5 nitrogen and oxygen atoms in total. The number of hydrogen-bond acceptors (Lipinski definition) is 5. The van der Waals surface area contributed by atoms with E-state index >= 15 is 0 Å². The molecule has 1 amide bonds.